The molecule has 5 heteroatoms. The largest absolute Gasteiger partial charge is 0.355 e. The van der Waals surface area contributed by atoms with E-state index < -0.39 is 0 Å². The van der Waals surface area contributed by atoms with E-state index in [9.17, 15) is 4.79 Å². The van der Waals surface area contributed by atoms with Gasteiger partial charge in [-0.25, -0.2) is 0 Å². The summed E-state index contributed by atoms with van der Waals surface area (Å²) in [5.74, 6) is -0.0000231. The van der Waals surface area contributed by atoms with Crippen LogP contribution in [0.1, 0.15) is 18.9 Å². The molecule has 0 aliphatic rings. The lowest BCUT2D eigenvalue weighted by atomic mass is 10.2. The SMILES string of the molecule is CCCNC(=O)CNCc1cc(Cl)cc(Cl)c1. The molecular formula is C12H16Cl2N2O. The molecule has 1 aromatic rings. The van der Waals surface area contributed by atoms with E-state index in [1.165, 1.54) is 0 Å². The van der Waals surface area contributed by atoms with Crippen LogP contribution in [0.3, 0.4) is 0 Å². The number of benzene rings is 1. The highest BCUT2D eigenvalue weighted by atomic mass is 35.5. The second kappa shape index (κ2) is 7.54. The maximum Gasteiger partial charge on any atom is 0.233 e. The van der Waals surface area contributed by atoms with Crippen LogP contribution in [-0.4, -0.2) is 19.0 Å². The molecule has 1 amide bonds. The van der Waals surface area contributed by atoms with Crippen molar-refractivity contribution in [2.24, 2.45) is 0 Å². The molecule has 0 aliphatic carbocycles. The lowest BCUT2D eigenvalue weighted by Crippen LogP contribution is -2.33. The second-order valence-corrected chi connectivity index (χ2v) is 4.60. The Morgan fingerprint density at radius 1 is 1.24 bits per heavy atom. The number of hydrogen-bond acceptors (Lipinski definition) is 2. The average molecular weight is 275 g/mol. The molecule has 1 aromatic carbocycles. The van der Waals surface area contributed by atoms with Gasteiger partial charge in [0, 0.05) is 23.1 Å². The van der Waals surface area contributed by atoms with Crippen LogP contribution in [0.4, 0.5) is 0 Å². The van der Waals surface area contributed by atoms with E-state index in [0.717, 1.165) is 12.0 Å². The van der Waals surface area contributed by atoms with Crippen molar-refractivity contribution < 1.29 is 4.79 Å². The lowest BCUT2D eigenvalue weighted by molar-refractivity contribution is -0.120. The molecule has 94 valence electrons. The summed E-state index contributed by atoms with van der Waals surface area (Å²) in [4.78, 5) is 11.3. The molecule has 0 radical (unpaired) electrons. The van der Waals surface area contributed by atoms with Gasteiger partial charge in [0.25, 0.3) is 0 Å². The number of carbonyl (C=O) groups is 1. The van der Waals surface area contributed by atoms with Gasteiger partial charge >= 0.3 is 0 Å². The van der Waals surface area contributed by atoms with E-state index in [1.807, 2.05) is 19.1 Å². The zero-order chi connectivity index (χ0) is 12.7. The molecule has 0 atom stereocenters. The summed E-state index contributed by atoms with van der Waals surface area (Å²) in [6.07, 6.45) is 0.940. The molecule has 2 N–H and O–H groups in total. The first-order valence-electron chi connectivity index (χ1n) is 5.54. The smallest absolute Gasteiger partial charge is 0.233 e. The van der Waals surface area contributed by atoms with Crippen LogP contribution < -0.4 is 10.6 Å². The maximum absolute atomic E-state index is 11.3. The van der Waals surface area contributed by atoms with Gasteiger partial charge in [0.1, 0.15) is 0 Å². The molecule has 0 unspecified atom stereocenters. The molecule has 0 heterocycles. The topological polar surface area (TPSA) is 41.1 Å². The molecule has 3 nitrogen and oxygen atoms in total. The molecular weight excluding hydrogens is 259 g/mol. The normalized spacial score (nSPS) is 10.3. The number of rotatable bonds is 6. The summed E-state index contributed by atoms with van der Waals surface area (Å²) >= 11 is 11.7. The summed E-state index contributed by atoms with van der Waals surface area (Å²) in [5.41, 5.74) is 0.964. The number of halogens is 2. The molecule has 17 heavy (non-hydrogen) atoms. The summed E-state index contributed by atoms with van der Waals surface area (Å²) in [6.45, 7) is 3.59. The van der Waals surface area contributed by atoms with Gasteiger partial charge < -0.3 is 10.6 Å². The summed E-state index contributed by atoms with van der Waals surface area (Å²) in [7, 11) is 0. The number of hydrogen-bond donors (Lipinski definition) is 2. The van der Waals surface area contributed by atoms with Crippen LogP contribution >= 0.6 is 23.2 Å². The minimum absolute atomic E-state index is 0.0000231. The van der Waals surface area contributed by atoms with Gasteiger partial charge in [0.05, 0.1) is 6.54 Å². The first-order chi connectivity index (χ1) is 8.11. The summed E-state index contributed by atoms with van der Waals surface area (Å²) in [6, 6.07) is 5.33. The van der Waals surface area contributed by atoms with Crippen LogP contribution in [0.5, 0.6) is 0 Å². The quantitative estimate of drug-likeness (QED) is 0.838. The standard InChI is InChI=1S/C12H16Cl2N2O/c1-2-3-16-12(17)8-15-7-9-4-10(13)6-11(14)5-9/h4-6,15H,2-3,7-8H2,1H3,(H,16,17). The summed E-state index contributed by atoms with van der Waals surface area (Å²) < 4.78 is 0. The van der Waals surface area contributed by atoms with Gasteiger partial charge in [-0.1, -0.05) is 30.1 Å². The Kier molecular flexibility index (Phi) is 6.34. The van der Waals surface area contributed by atoms with Gasteiger partial charge in [0.15, 0.2) is 0 Å². The van der Waals surface area contributed by atoms with Gasteiger partial charge in [-0.15, -0.1) is 0 Å². The van der Waals surface area contributed by atoms with E-state index in [0.29, 0.717) is 29.7 Å². The Morgan fingerprint density at radius 3 is 2.47 bits per heavy atom. The van der Waals surface area contributed by atoms with Crippen LogP contribution in [0, 0.1) is 0 Å². The molecule has 0 spiro atoms. The van der Waals surface area contributed by atoms with E-state index in [2.05, 4.69) is 10.6 Å². The van der Waals surface area contributed by atoms with Crippen molar-refractivity contribution in [2.75, 3.05) is 13.1 Å². The fraction of sp³-hybridized carbons (Fsp3) is 0.417. The number of carbonyl (C=O) groups excluding carboxylic acids is 1. The molecule has 0 saturated carbocycles. The molecule has 0 aliphatic heterocycles. The van der Waals surface area contributed by atoms with Crippen molar-refractivity contribution in [3.05, 3.63) is 33.8 Å². The molecule has 0 bridgehead atoms. The van der Waals surface area contributed by atoms with Crippen molar-refractivity contribution in [1.82, 2.24) is 10.6 Å². The Labute approximate surface area is 111 Å². The van der Waals surface area contributed by atoms with E-state index >= 15 is 0 Å². The van der Waals surface area contributed by atoms with Crippen LogP contribution in [0.25, 0.3) is 0 Å². The Bertz CT molecular complexity index is 363. The summed E-state index contributed by atoms with van der Waals surface area (Å²) in [5, 5.41) is 7.03. The third-order valence-electron chi connectivity index (χ3n) is 2.11. The van der Waals surface area contributed by atoms with Gasteiger partial charge in [-0.2, -0.15) is 0 Å². The molecule has 0 fully saturated rings. The van der Waals surface area contributed by atoms with Crippen molar-refractivity contribution >= 4 is 29.1 Å². The predicted molar refractivity (Wildman–Crippen MR) is 71.5 cm³/mol. The highest BCUT2D eigenvalue weighted by Crippen LogP contribution is 2.18. The second-order valence-electron chi connectivity index (χ2n) is 3.73. The van der Waals surface area contributed by atoms with Crippen LogP contribution in [0.2, 0.25) is 10.0 Å². The lowest BCUT2D eigenvalue weighted by Gasteiger charge is -2.06. The Morgan fingerprint density at radius 2 is 1.88 bits per heavy atom. The maximum atomic E-state index is 11.3. The van der Waals surface area contributed by atoms with Crippen molar-refractivity contribution in [3.63, 3.8) is 0 Å². The Hall–Kier alpha value is -0.770. The number of nitrogens with one attached hydrogen (secondary N) is 2. The van der Waals surface area contributed by atoms with Crippen LogP contribution in [0.15, 0.2) is 18.2 Å². The first-order valence-corrected chi connectivity index (χ1v) is 6.29. The Balaban J connectivity index is 2.33. The monoisotopic (exact) mass is 274 g/mol. The van der Waals surface area contributed by atoms with Crippen LogP contribution in [-0.2, 0) is 11.3 Å². The van der Waals surface area contributed by atoms with E-state index in [4.69, 9.17) is 23.2 Å². The number of amides is 1. The molecule has 0 saturated heterocycles. The average Bonchev–Trinajstić information content (AvgIpc) is 2.25. The fourth-order valence-electron chi connectivity index (χ4n) is 1.36. The third kappa shape index (κ3) is 5.91. The van der Waals surface area contributed by atoms with E-state index in [1.54, 1.807) is 6.07 Å². The van der Waals surface area contributed by atoms with Gasteiger partial charge in [-0.05, 0) is 30.2 Å². The van der Waals surface area contributed by atoms with Crippen molar-refractivity contribution in [2.45, 2.75) is 19.9 Å². The molecule has 1 rings (SSSR count). The van der Waals surface area contributed by atoms with Gasteiger partial charge in [-0.3, -0.25) is 4.79 Å². The van der Waals surface area contributed by atoms with Crippen molar-refractivity contribution in [1.29, 1.82) is 0 Å². The fourth-order valence-corrected chi connectivity index (χ4v) is 1.93. The minimum Gasteiger partial charge on any atom is -0.355 e. The minimum atomic E-state index is -0.0000231. The predicted octanol–water partition coefficient (Wildman–Crippen LogP) is 2.61. The van der Waals surface area contributed by atoms with Gasteiger partial charge in [0.2, 0.25) is 5.91 Å². The zero-order valence-corrected chi connectivity index (χ0v) is 11.2. The molecule has 0 aromatic heterocycles. The highest BCUT2D eigenvalue weighted by molar-refractivity contribution is 6.34. The third-order valence-corrected chi connectivity index (χ3v) is 2.55. The first kappa shape index (κ1) is 14.3. The van der Waals surface area contributed by atoms with E-state index in [-0.39, 0.29) is 5.91 Å². The van der Waals surface area contributed by atoms with Crippen molar-refractivity contribution in [3.8, 4) is 0 Å². The highest BCUT2D eigenvalue weighted by Gasteiger charge is 2.01. The zero-order valence-electron chi connectivity index (χ0n) is 9.72.